The quantitative estimate of drug-likeness (QED) is 0.424. The second-order valence-corrected chi connectivity index (χ2v) is 7.63. The van der Waals surface area contributed by atoms with Crippen molar-refractivity contribution in [2.45, 2.75) is 20.8 Å². The van der Waals surface area contributed by atoms with E-state index in [0.717, 1.165) is 56.0 Å². The van der Waals surface area contributed by atoms with Crippen LogP contribution >= 0.6 is 0 Å². The Balaban J connectivity index is 1.87. The number of furan rings is 1. The first-order chi connectivity index (χ1) is 15.5. The van der Waals surface area contributed by atoms with Crippen molar-refractivity contribution in [2.24, 2.45) is 4.99 Å². The number of anilines is 1. The van der Waals surface area contributed by atoms with E-state index in [1.807, 2.05) is 75.4 Å². The average molecular weight is 428 g/mol. The van der Waals surface area contributed by atoms with Crippen molar-refractivity contribution in [2.75, 3.05) is 19.1 Å². The van der Waals surface area contributed by atoms with Gasteiger partial charge < -0.3 is 24.4 Å². The molecule has 0 radical (unpaired) electrons. The Kier molecular flexibility index (Phi) is 4.98. The first-order valence-electron chi connectivity index (χ1n) is 10.5. The summed E-state index contributed by atoms with van der Waals surface area (Å²) in [5, 5.41) is 2.57. The molecule has 5 rings (SSSR count). The molecule has 0 fully saturated rings. The number of ether oxygens (including phenoxy) is 3. The van der Waals surface area contributed by atoms with Gasteiger partial charge in [-0.3, -0.25) is 0 Å². The Labute approximate surface area is 185 Å². The first kappa shape index (κ1) is 20.0. The van der Waals surface area contributed by atoms with Crippen LogP contribution in [0.1, 0.15) is 18.4 Å². The van der Waals surface area contributed by atoms with Crippen LogP contribution in [0.4, 0.5) is 11.4 Å². The molecule has 0 saturated carbocycles. The lowest BCUT2D eigenvalue weighted by Crippen LogP contribution is -2.01. The number of para-hydroxylation sites is 2. The number of nitrogen functional groups attached to an aromatic ring is 1. The summed E-state index contributed by atoms with van der Waals surface area (Å²) in [4.78, 5) is 4.95. The van der Waals surface area contributed by atoms with E-state index in [9.17, 15) is 0 Å². The number of aryl methyl sites for hydroxylation is 2. The molecule has 1 aliphatic rings. The topological polar surface area (TPSA) is 79.2 Å². The van der Waals surface area contributed by atoms with E-state index in [4.69, 9.17) is 29.4 Å². The van der Waals surface area contributed by atoms with Crippen molar-refractivity contribution in [1.29, 1.82) is 0 Å². The van der Waals surface area contributed by atoms with Crippen LogP contribution in [0.2, 0.25) is 0 Å². The van der Waals surface area contributed by atoms with E-state index >= 15 is 0 Å². The van der Waals surface area contributed by atoms with Gasteiger partial charge in [0.05, 0.1) is 34.1 Å². The van der Waals surface area contributed by atoms with Gasteiger partial charge in [-0.25, -0.2) is 4.99 Å². The zero-order valence-electron chi connectivity index (χ0n) is 18.3. The summed E-state index contributed by atoms with van der Waals surface area (Å²) in [6.07, 6.45) is 0. The maximum absolute atomic E-state index is 6.20. The molecule has 6 heteroatoms. The number of nitrogens with zero attached hydrogens (tertiary/aromatic N) is 1. The Morgan fingerprint density at radius 2 is 1.69 bits per heavy atom. The summed E-state index contributed by atoms with van der Waals surface area (Å²) in [6, 6.07) is 17.5. The fourth-order valence-electron chi connectivity index (χ4n) is 4.08. The molecule has 0 saturated heterocycles. The molecule has 2 heterocycles. The van der Waals surface area contributed by atoms with Crippen LogP contribution in [0.5, 0.6) is 17.2 Å². The summed E-state index contributed by atoms with van der Waals surface area (Å²) < 4.78 is 23.1. The van der Waals surface area contributed by atoms with Crippen molar-refractivity contribution >= 4 is 22.1 Å². The molecule has 0 amide bonds. The fourth-order valence-corrected chi connectivity index (χ4v) is 4.08. The highest BCUT2D eigenvalue weighted by atomic mass is 16.7. The predicted octanol–water partition coefficient (Wildman–Crippen LogP) is 5.66. The Morgan fingerprint density at radius 1 is 0.906 bits per heavy atom. The van der Waals surface area contributed by atoms with E-state index in [-0.39, 0.29) is 6.79 Å². The third-order valence-corrected chi connectivity index (χ3v) is 5.53. The van der Waals surface area contributed by atoms with Crippen LogP contribution < -0.4 is 25.3 Å². The minimum atomic E-state index is 0.230. The van der Waals surface area contributed by atoms with E-state index in [1.54, 1.807) is 0 Å². The van der Waals surface area contributed by atoms with Gasteiger partial charge in [0, 0.05) is 0 Å². The van der Waals surface area contributed by atoms with E-state index < -0.39 is 0 Å². The van der Waals surface area contributed by atoms with Crippen molar-refractivity contribution in [3.8, 4) is 28.4 Å². The number of nitrogens with two attached hydrogens (primary N) is 1. The molecule has 1 aromatic heterocycles. The highest BCUT2D eigenvalue weighted by Crippen LogP contribution is 2.38. The number of hydrogen-bond acceptors (Lipinski definition) is 6. The zero-order chi connectivity index (χ0) is 22.2. The zero-order valence-corrected chi connectivity index (χ0v) is 18.3. The summed E-state index contributed by atoms with van der Waals surface area (Å²) in [5.74, 6) is 3.77. The second-order valence-electron chi connectivity index (χ2n) is 7.63. The molecular weight excluding hydrogens is 404 g/mol. The standard InChI is InChI=1S/C26H24N2O4/c1-4-29-24-13-18(17-9-10-22-23(12-17)31-14-30-22)11-21(25-15(2)32-16(3)26(24)25)28-20-8-6-5-7-19(20)27/h5-13H,4,14,27H2,1-3H3. The van der Waals surface area contributed by atoms with Crippen LogP contribution in [0.25, 0.3) is 21.9 Å². The maximum atomic E-state index is 6.20. The van der Waals surface area contributed by atoms with Gasteiger partial charge in [0.1, 0.15) is 17.3 Å². The van der Waals surface area contributed by atoms with Crippen molar-refractivity contribution in [1.82, 2.24) is 0 Å². The summed E-state index contributed by atoms with van der Waals surface area (Å²) in [6.45, 7) is 6.61. The van der Waals surface area contributed by atoms with Gasteiger partial charge in [0.25, 0.3) is 0 Å². The molecule has 4 aromatic rings. The van der Waals surface area contributed by atoms with Crippen LogP contribution in [-0.4, -0.2) is 13.4 Å². The largest absolute Gasteiger partial charge is 0.493 e. The molecule has 6 nitrogen and oxygen atoms in total. The summed E-state index contributed by atoms with van der Waals surface area (Å²) >= 11 is 0. The first-order valence-corrected chi connectivity index (χ1v) is 10.5. The molecule has 2 N–H and O–H groups in total. The second kappa shape index (κ2) is 7.96. The van der Waals surface area contributed by atoms with E-state index in [0.29, 0.717) is 18.0 Å². The molecule has 0 spiro atoms. The van der Waals surface area contributed by atoms with Crippen molar-refractivity contribution in [3.05, 3.63) is 71.5 Å². The summed E-state index contributed by atoms with van der Waals surface area (Å²) in [5.41, 5.74) is 9.43. The van der Waals surface area contributed by atoms with E-state index in [1.165, 1.54) is 0 Å². The number of fused-ring (bicyclic) bond motifs is 2. The van der Waals surface area contributed by atoms with Crippen molar-refractivity contribution in [3.63, 3.8) is 0 Å². The smallest absolute Gasteiger partial charge is 0.231 e. The molecule has 3 aromatic carbocycles. The van der Waals surface area contributed by atoms with Gasteiger partial charge >= 0.3 is 0 Å². The van der Waals surface area contributed by atoms with Gasteiger partial charge in [-0.1, -0.05) is 18.2 Å². The third kappa shape index (κ3) is 3.43. The Morgan fingerprint density at radius 3 is 2.50 bits per heavy atom. The lowest BCUT2D eigenvalue weighted by atomic mass is 10.1. The van der Waals surface area contributed by atoms with Gasteiger partial charge in [-0.15, -0.1) is 0 Å². The minimum absolute atomic E-state index is 0.230. The van der Waals surface area contributed by atoms with Gasteiger partial charge in [0.15, 0.2) is 11.5 Å². The molecule has 0 atom stereocenters. The molecule has 1 aliphatic heterocycles. The minimum Gasteiger partial charge on any atom is -0.493 e. The maximum Gasteiger partial charge on any atom is 0.231 e. The van der Waals surface area contributed by atoms with Crippen LogP contribution in [0.15, 0.2) is 64.0 Å². The highest BCUT2D eigenvalue weighted by molar-refractivity contribution is 5.93. The molecule has 162 valence electrons. The third-order valence-electron chi connectivity index (χ3n) is 5.53. The molecular formula is C26H24N2O4. The molecule has 0 unspecified atom stereocenters. The Bertz CT molecular complexity index is 1410. The molecule has 0 aliphatic carbocycles. The normalized spacial score (nSPS) is 13.0. The Hall–Kier alpha value is -3.93. The number of rotatable bonds is 4. The number of benzene rings is 2. The lowest BCUT2D eigenvalue weighted by molar-refractivity contribution is 0.174. The molecule has 0 bridgehead atoms. The SMILES string of the molecule is CCOc1cc(-c2ccc3c(c2)OCO3)cc(=Nc2ccccc2N)c2c(C)oc(C)c12. The van der Waals surface area contributed by atoms with Gasteiger partial charge in [0.2, 0.25) is 6.79 Å². The monoisotopic (exact) mass is 428 g/mol. The summed E-state index contributed by atoms with van der Waals surface area (Å²) in [7, 11) is 0. The van der Waals surface area contributed by atoms with Crippen LogP contribution in [0.3, 0.4) is 0 Å². The number of hydrogen-bond donors (Lipinski definition) is 1. The van der Waals surface area contributed by atoms with Crippen LogP contribution in [-0.2, 0) is 0 Å². The predicted molar refractivity (Wildman–Crippen MR) is 124 cm³/mol. The molecule has 32 heavy (non-hydrogen) atoms. The average Bonchev–Trinajstić information content (AvgIpc) is 3.31. The highest BCUT2D eigenvalue weighted by Gasteiger charge is 2.18. The lowest BCUT2D eigenvalue weighted by Gasteiger charge is -2.05. The fraction of sp³-hybridized carbons (Fsp3) is 0.192. The van der Waals surface area contributed by atoms with Crippen LogP contribution in [0, 0.1) is 13.8 Å². The van der Waals surface area contributed by atoms with Gasteiger partial charge in [-0.05, 0) is 68.3 Å². The van der Waals surface area contributed by atoms with Gasteiger partial charge in [-0.2, -0.15) is 0 Å². The van der Waals surface area contributed by atoms with Crippen molar-refractivity contribution < 1.29 is 18.6 Å². The van der Waals surface area contributed by atoms with E-state index in [2.05, 4.69) is 0 Å².